The SMILES string of the molecule is CCC(CC)N(C)C(=O)c1cccc(C#N)c1. The predicted molar refractivity (Wildman–Crippen MR) is 67.6 cm³/mol. The average molecular weight is 230 g/mol. The van der Waals surface area contributed by atoms with Gasteiger partial charge in [0, 0.05) is 18.7 Å². The fourth-order valence-corrected chi connectivity index (χ4v) is 1.93. The molecule has 0 fully saturated rings. The van der Waals surface area contributed by atoms with Gasteiger partial charge in [-0.25, -0.2) is 0 Å². The Kier molecular flexibility index (Phi) is 4.71. The molecule has 0 atom stereocenters. The number of carbonyl (C=O) groups is 1. The molecule has 1 amide bonds. The van der Waals surface area contributed by atoms with E-state index in [0.29, 0.717) is 11.1 Å². The summed E-state index contributed by atoms with van der Waals surface area (Å²) in [5, 5.41) is 8.81. The number of nitrogens with zero attached hydrogens (tertiary/aromatic N) is 2. The zero-order valence-corrected chi connectivity index (χ0v) is 10.6. The molecule has 0 aromatic heterocycles. The predicted octanol–water partition coefficient (Wildman–Crippen LogP) is 2.82. The van der Waals surface area contributed by atoms with Gasteiger partial charge >= 0.3 is 0 Å². The molecule has 17 heavy (non-hydrogen) atoms. The largest absolute Gasteiger partial charge is 0.339 e. The Morgan fingerprint density at radius 3 is 2.59 bits per heavy atom. The summed E-state index contributed by atoms with van der Waals surface area (Å²) in [5.41, 5.74) is 1.10. The first kappa shape index (κ1) is 13.2. The third-order valence-corrected chi connectivity index (χ3v) is 3.05. The van der Waals surface area contributed by atoms with Crippen molar-refractivity contribution in [3.8, 4) is 6.07 Å². The van der Waals surface area contributed by atoms with Crippen LogP contribution in [0.1, 0.15) is 42.6 Å². The Bertz CT molecular complexity index is 430. The van der Waals surface area contributed by atoms with Crippen molar-refractivity contribution in [2.24, 2.45) is 0 Å². The zero-order chi connectivity index (χ0) is 12.8. The van der Waals surface area contributed by atoms with E-state index in [1.165, 1.54) is 0 Å². The molecule has 90 valence electrons. The lowest BCUT2D eigenvalue weighted by molar-refractivity contribution is 0.0723. The summed E-state index contributed by atoms with van der Waals surface area (Å²) in [6.07, 6.45) is 1.88. The second-order valence-electron chi connectivity index (χ2n) is 4.08. The number of hydrogen-bond donors (Lipinski definition) is 0. The van der Waals surface area contributed by atoms with Crippen LogP contribution in [0, 0.1) is 11.3 Å². The van der Waals surface area contributed by atoms with E-state index < -0.39 is 0 Å². The summed E-state index contributed by atoms with van der Waals surface area (Å²) in [6, 6.07) is 9.14. The van der Waals surface area contributed by atoms with Gasteiger partial charge in [-0.15, -0.1) is 0 Å². The molecule has 3 nitrogen and oxygen atoms in total. The summed E-state index contributed by atoms with van der Waals surface area (Å²) < 4.78 is 0. The summed E-state index contributed by atoms with van der Waals surface area (Å²) in [4.78, 5) is 13.9. The highest BCUT2D eigenvalue weighted by Crippen LogP contribution is 2.12. The van der Waals surface area contributed by atoms with E-state index in [-0.39, 0.29) is 11.9 Å². The van der Waals surface area contributed by atoms with Gasteiger partial charge in [0.25, 0.3) is 5.91 Å². The minimum atomic E-state index is -0.0178. The molecule has 1 aromatic rings. The molecule has 0 unspecified atom stereocenters. The molecule has 0 bridgehead atoms. The Morgan fingerprint density at radius 2 is 2.06 bits per heavy atom. The Morgan fingerprint density at radius 1 is 1.41 bits per heavy atom. The average Bonchev–Trinajstić information content (AvgIpc) is 2.39. The standard InChI is InChI=1S/C14H18N2O/c1-4-13(5-2)16(3)14(17)12-8-6-7-11(9-12)10-15/h6-9,13H,4-5H2,1-3H3. The van der Waals surface area contributed by atoms with Crippen LogP contribution in [-0.2, 0) is 0 Å². The van der Waals surface area contributed by atoms with Gasteiger partial charge in [-0.2, -0.15) is 5.26 Å². The smallest absolute Gasteiger partial charge is 0.253 e. The molecule has 0 aliphatic heterocycles. The molecule has 0 aliphatic rings. The van der Waals surface area contributed by atoms with E-state index in [1.54, 1.807) is 29.2 Å². The first-order valence-electron chi connectivity index (χ1n) is 5.91. The molecule has 3 heteroatoms. The zero-order valence-electron chi connectivity index (χ0n) is 10.6. The maximum absolute atomic E-state index is 12.2. The molecule has 1 rings (SSSR count). The van der Waals surface area contributed by atoms with Crippen LogP contribution in [0.3, 0.4) is 0 Å². The molecule has 0 aliphatic carbocycles. The van der Waals surface area contributed by atoms with E-state index in [2.05, 4.69) is 13.8 Å². The van der Waals surface area contributed by atoms with Crippen molar-refractivity contribution < 1.29 is 4.79 Å². The Hall–Kier alpha value is -1.82. The number of rotatable bonds is 4. The summed E-state index contributed by atoms with van der Waals surface area (Å²) >= 11 is 0. The van der Waals surface area contributed by atoms with Crippen molar-refractivity contribution in [2.75, 3.05) is 7.05 Å². The van der Waals surface area contributed by atoms with Crippen LogP contribution in [0.4, 0.5) is 0 Å². The monoisotopic (exact) mass is 230 g/mol. The summed E-state index contributed by atoms with van der Waals surface area (Å²) in [6.45, 7) is 4.15. The third-order valence-electron chi connectivity index (χ3n) is 3.05. The van der Waals surface area contributed by atoms with Crippen molar-refractivity contribution in [2.45, 2.75) is 32.7 Å². The van der Waals surface area contributed by atoms with Crippen molar-refractivity contribution in [3.63, 3.8) is 0 Å². The van der Waals surface area contributed by atoms with Gasteiger partial charge in [-0.1, -0.05) is 19.9 Å². The molecule has 0 spiro atoms. The van der Waals surface area contributed by atoms with Crippen LogP contribution in [-0.4, -0.2) is 23.9 Å². The number of hydrogen-bond acceptors (Lipinski definition) is 2. The Labute approximate surface area is 103 Å². The van der Waals surface area contributed by atoms with Gasteiger partial charge in [-0.05, 0) is 31.0 Å². The number of carbonyl (C=O) groups excluding carboxylic acids is 1. The molecule has 0 saturated carbocycles. The van der Waals surface area contributed by atoms with Crippen molar-refractivity contribution >= 4 is 5.91 Å². The molecular formula is C14H18N2O. The van der Waals surface area contributed by atoms with Crippen LogP contribution < -0.4 is 0 Å². The normalized spacial score (nSPS) is 10.1. The molecule has 0 N–H and O–H groups in total. The van der Waals surface area contributed by atoms with E-state index >= 15 is 0 Å². The van der Waals surface area contributed by atoms with Gasteiger partial charge in [0.05, 0.1) is 11.6 Å². The maximum Gasteiger partial charge on any atom is 0.253 e. The summed E-state index contributed by atoms with van der Waals surface area (Å²) in [5.74, 6) is -0.0178. The topological polar surface area (TPSA) is 44.1 Å². The highest BCUT2D eigenvalue weighted by molar-refractivity contribution is 5.94. The molecule has 0 radical (unpaired) electrons. The first-order chi connectivity index (χ1) is 8.13. The van der Waals surface area contributed by atoms with E-state index in [4.69, 9.17) is 5.26 Å². The van der Waals surface area contributed by atoms with Gasteiger partial charge in [-0.3, -0.25) is 4.79 Å². The lowest BCUT2D eigenvalue weighted by Crippen LogP contribution is -2.36. The lowest BCUT2D eigenvalue weighted by Gasteiger charge is -2.26. The minimum absolute atomic E-state index is 0.0178. The van der Waals surface area contributed by atoms with E-state index in [0.717, 1.165) is 12.8 Å². The molecule has 0 saturated heterocycles. The molecule has 0 heterocycles. The van der Waals surface area contributed by atoms with Gasteiger partial charge < -0.3 is 4.90 Å². The molecular weight excluding hydrogens is 212 g/mol. The lowest BCUT2D eigenvalue weighted by atomic mass is 10.1. The minimum Gasteiger partial charge on any atom is -0.339 e. The fraction of sp³-hybridized carbons (Fsp3) is 0.429. The van der Waals surface area contributed by atoms with Crippen LogP contribution in [0.15, 0.2) is 24.3 Å². The van der Waals surface area contributed by atoms with Crippen LogP contribution in [0.2, 0.25) is 0 Å². The first-order valence-corrected chi connectivity index (χ1v) is 5.91. The van der Waals surface area contributed by atoms with Crippen molar-refractivity contribution in [1.29, 1.82) is 5.26 Å². The van der Waals surface area contributed by atoms with Gasteiger partial charge in [0.15, 0.2) is 0 Å². The second-order valence-corrected chi connectivity index (χ2v) is 4.08. The van der Waals surface area contributed by atoms with Crippen LogP contribution >= 0.6 is 0 Å². The molecule has 1 aromatic carbocycles. The van der Waals surface area contributed by atoms with Crippen LogP contribution in [0.5, 0.6) is 0 Å². The van der Waals surface area contributed by atoms with E-state index in [9.17, 15) is 4.79 Å². The summed E-state index contributed by atoms with van der Waals surface area (Å²) in [7, 11) is 1.82. The van der Waals surface area contributed by atoms with Gasteiger partial charge in [0.2, 0.25) is 0 Å². The van der Waals surface area contributed by atoms with Crippen molar-refractivity contribution in [1.82, 2.24) is 4.90 Å². The fourth-order valence-electron chi connectivity index (χ4n) is 1.93. The third kappa shape index (κ3) is 3.07. The number of nitriles is 1. The van der Waals surface area contributed by atoms with Gasteiger partial charge in [0.1, 0.15) is 0 Å². The van der Waals surface area contributed by atoms with Crippen molar-refractivity contribution in [3.05, 3.63) is 35.4 Å². The van der Waals surface area contributed by atoms with Crippen LogP contribution in [0.25, 0.3) is 0 Å². The Balaban J connectivity index is 2.92. The maximum atomic E-state index is 12.2. The number of benzene rings is 1. The number of amides is 1. The highest BCUT2D eigenvalue weighted by atomic mass is 16.2. The quantitative estimate of drug-likeness (QED) is 0.798. The van der Waals surface area contributed by atoms with E-state index in [1.807, 2.05) is 13.1 Å². The highest BCUT2D eigenvalue weighted by Gasteiger charge is 2.18. The second kappa shape index (κ2) is 6.05.